The summed E-state index contributed by atoms with van der Waals surface area (Å²) in [5.74, 6) is -0.435. The van der Waals surface area contributed by atoms with Gasteiger partial charge in [-0.05, 0) is 31.2 Å². The van der Waals surface area contributed by atoms with Gasteiger partial charge in [0.05, 0.1) is 5.39 Å². The molecular formula is C15H18N4O3S. The third-order valence-corrected chi connectivity index (χ3v) is 5.16. The van der Waals surface area contributed by atoms with Gasteiger partial charge in [0.2, 0.25) is 5.91 Å². The largest absolute Gasteiger partial charge is 0.480 e. The van der Waals surface area contributed by atoms with Crippen LogP contribution in [-0.2, 0) is 9.59 Å². The Morgan fingerprint density at radius 3 is 3.00 bits per heavy atom. The maximum absolute atomic E-state index is 12.7. The van der Waals surface area contributed by atoms with E-state index in [9.17, 15) is 9.59 Å². The number of anilines is 1. The number of thiophene rings is 1. The van der Waals surface area contributed by atoms with Crippen molar-refractivity contribution in [3.63, 3.8) is 0 Å². The highest BCUT2D eigenvalue weighted by atomic mass is 32.1. The van der Waals surface area contributed by atoms with Crippen molar-refractivity contribution >= 4 is 39.2 Å². The normalized spacial score (nSPS) is 19.0. The van der Waals surface area contributed by atoms with Crippen LogP contribution in [0.25, 0.3) is 10.2 Å². The maximum Gasteiger partial charge on any atom is 0.326 e. The van der Waals surface area contributed by atoms with Crippen molar-refractivity contribution in [3.8, 4) is 0 Å². The molecule has 1 aliphatic rings. The molecule has 122 valence electrons. The minimum absolute atomic E-state index is 0.181. The summed E-state index contributed by atoms with van der Waals surface area (Å²) in [5, 5.41) is 12.0. The van der Waals surface area contributed by atoms with E-state index >= 15 is 0 Å². The maximum atomic E-state index is 12.7. The van der Waals surface area contributed by atoms with Crippen molar-refractivity contribution in [2.75, 3.05) is 18.5 Å². The van der Waals surface area contributed by atoms with Gasteiger partial charge in [-0.25, -0.2) is 14.8 Å². The number of carbonyl (C=O) groups excluding carboxylic acids is 1. The van der Waals surface area contributed by atoms with Crippen LogP contribution in [0.5, 0.6) is 0 Å². The first kappa shape index (κ1) is 15.7. The van der Waals surface area contributed by atoms with E-state index in [1.165, 1.54) is 36.5 Å². The van der Waals surface area contributed by atoms with Crippen molar-refractivity contribution in [1.29, 1.82) is 0 Å². The van der Waals surface area contributed by atoms with E-state index in [0.29, 0.717) is 6.42 Å². The molecule has 0 spiro atoms. The molecule has 0 aliphatic carbocycles. The quantitative estimate of drug-likeness (QED) is 0.914. The molecule has 2 aromatic heterocycles. The SMILES string of the molecule is CC(C(=O)O)N(C)C(=O)C1CCCN1c1ncnc2sccc12. The molecule has 1 fully saturated rings. The van der Waals surface area contributed by atoms with E-state index in [4.69, 9.17) is 5.11 Å². The minimum Gasteiger partial charge on any atom is -0.480 e. The molecule has 3 rings (SSSR count). The van der Waals surface area contributed by atoms with E-state index in [1.807, 2.05) is 16.3 Å². The fourth-order valence-corrected chi connectivity index (χ4v) is 3.60. The number of hydrogen-bond acceptors (Lipinski definition) is 6. The first-order valence-corrected chi connectivity index (χ1v) is 8.33. The summed E-state index contributed by atoms with van der Waals surface area (Å²) >= 11 is 1.53. The second-order valence-corrected chi connectivity index (χ2v) is 6.55. The molecule has 1 aliphatic heterocycles. The number of nitrogens with zero attached hydrogens (tertiary/aromatic N) is 4. The van der Waals surface area contributed by atoms with E-state index in [0.717, 1.165) is 29.0 Å². The van der Waals surface area contributed by atoms with Gasteiger partial charge >= 0.3 is 5.97 Å². The fourth-order valence-electron chi connectivity index (χ4n) is 2.87. The predicted octanol–water partition coefficient (Wildman–Crippen LogP) is 1.59. The average Bonchev–Trinajstić information content (AvgIpc) is 3.20. The Morgan fingerprint density at radius 2 is 2.26 bits per heavy atom. The minimum atomic E-state index is -1.01. The predicted molar refractivity (Wildman–Crippen MR) is 87.7 cm³/mol. The molecule has 0 radical (unpaired) electrons. The topological polar surface area (TPSA) is 86.6 Å². The second-order valence-electron chi connectivity index (χ2n) is 5.65. The zero-order valence-electron chi connectivity index (χ0n) is 13.0. The average molecular weight is 334 g/mol. The Kier molecular flexibility index (Phi) is 4.16. The lowest BCUT2D eigenvalue weighted by Crippen LogP contribution is -2.49. The highest BCUT2D eigenvalue weighted by molar-refractivity contribution is 7.16. The molecule has 8 heteroatoms. The summed E-state index contributed by atoms with van der Waals surface area (Å²) in [5.41, 5.74) is 0. The van der Waals surface area contributed by atoms with Crippen LogP contribution in [0.2, 0.25) is 0 Å². The van der Waals surface area contributed by atoms with Crippen molar-refractivity contribution < 1.29 is 14.7 Å². The lowest BCUT2D eigenvalue weighted by atomic mass is 10.1. The summed E-state index contributed by atoms with van der Waals surface area (Å²) in [6.07, 6.45) is 3.09. The fraction of sp³-hybridized carbons (Fsp3) is 0.467. The van der Waals surface area contributed by atoms with E-state index in [2.05, 4.69) is 9.97 Å². The summed E-state index contributed by atoms with van der Waals surface area (Å²) in [7, 11) is 1.54. The first-order valence-electron chi connectivity index (χ1n) is 7.45. The molecule has 1 amide bonds. The smallest absolute Gasteiger partial charge is 0.326 e. The number of carboxylic acid groups (broad SMARTS) is 1. The standard InChI is InChI=1S/C15H18N4O3S/c1-9(15(21)22)18(2)14(20)11-4-3-6-19(11)12-10-5-7-23-13(10)17-8-16-12/h5,7-9,11H,3-4,6H2,1-2H3,(H,21,22). The van der Waals surface area contributed by atoms with Gasteiger partial charge in [0.25, 0.3) is 0 Å². The summed E-state index contributed by atoms with van der Waals surface area (Å²) in [4.78, 5) is 36.6. The van der Waals surface area contributed by atoms with Gasteiger partial charge in [-0.2, -0.15) is 0 Å². The highest BCUT2D eigenvalue weighted by Gasteiger charge is 2.36. The molecule has 3 heterocycles. The Labute approximate surface area is 137 Å². The molecule has 1 N–H and O–H groups in total. The van der Waals surface area contributed by atoms with Gasteiger partial charge < -0.3 is 14.9 Å². The van der Waals surface area contributed by atoms with Crippen molar-refractivity contribution in [1.82, 2.24) is 14.9 Å². The number of likely N-dealkylation sites (N-methyl/N-ethyl adjacent to an activating group) is 1. The molecule has 2 atom stereocenters. The van der Waals surface area contributed by atoms with E-state index < -0.39 is 12.0 Å². The van der Waals surface area contributed by atoms with Crippen LogP contribution in [0.15, 0.2) is 17.8 Å². The van der Waals surface area contributed by atoms with Crippen LogP contribution in [0.1, 0.15) is 19.8 Å². The number of amides is 1. The van der Waals surface area contributed by atoms with Gasteiger partial charge in [-0.15, -0.1) is 11.3 Å². The number of hydrogen-bond donors (Lipinski definition) is 1. The monoisotopic (exact) mass is 334 g/mol. The van der Waals surface area contributed by atoms with Gasteiger partial charge in [-0.3, -0.25) is 4.79 Å². The van der Waals surface area contributed by atoms with Crippen molar-refractivity contribution in [3.05, 3.63) is 17.8 Å². The number of aromatic nitrogens is 2. The third-order valence-electron chi connectivity index (χ3n) is 4.34. The highest BCUT2D eigenvalue weighted by Crippen LogP contribution is 2.32. The Balaban J connectivity index is 1.90. The molecular weight excluding hydrogens is 316 g/mol. The van der Waals surface area contributed by atoms with Gasteiger partial charge in [-0.1, -0.05) is 0 Å². The lowest BCUT2D eigenvalue weighted by Gasteiger charge is -2.30. The number of aliphatic carboxylic acids is 1. The molecule has 0 bridgehead atoms. The molecule has 2 aromatic rings. The summed E-state index contributed by atoms with van der Waals surface area (Å²) in [6, 6.07) is 0.731. The number of rotatable bonds is 4. The van der Waals surface area contributed by atoms with Crippen molar-refractivity contribution in [2.24, 2.45) is 0 Å². The van der Waals surface area contributed by atoms with Crippen LogP contribution in [-0.4, -0.2) is 57.5 Å². The molecule has 0 aromatic carbocycles. The van der Waals surface area contributed by atoms with Crippen LogP contribution in [0, 0.1) is 0 Å². The number of carboxylic acids is 1. The third kappa shape index (κ3) is 2.74. The molecule has 7 nitrogen and oxygen atoms in total. The summed E-state index contributed by atoms with van der Waals surface area (Å²) < 4.78 is 0. The van der Waals surface area contributed by atoms with Crippen LogP contribution >= 0.6 is 11.3 Å². The van der Waals surface area contributed by atoms with Crippen LogP contribution in [0.3, 0.4) is 0 Å². The van der Waals surface area contributed by atoms with Gasteiger partial charge in [0.1, 0.15) is 29.1 Å². The first-order chi connectivity index (χ1) is 11.0. The second kappa shape index (κ2) is 6.11. The van der Waals surface area contributed by atoms with Crippen molar-refractivity contribution in [2.45, 2.75) is 31.8 Å². The Morgan fingerprint density at radius 1 is 1.48 bits per heavy atom. The molecule has 23 heavy (non-hydrogen) atoms. The summed E-state index contributed by atoms with van der Waals surface area (Å²) in [6.45, 7) is 2.24. The zero-order valence-corrected chi connectivity index (χ0v) is 13.8. The lowest BCUT2D eigenvalue weighted by molar-refractivity contribution is -0.148. The number of carbonyl (C=O) groups is 2. The Hall–Kier alpha value is -2.22. The van der Waals surface area contributed by atoms with Gasteiger partial charge in [0.15, 0.2) is 0 Å². The van der Waals surface area contributed by atoms with E-state index in [1.54, 1.807) is 0 Å². The van der Waals surface area contributed by atoms with Crippen LogP contribution in [0.4, 0.5) is 5.82 Å². The van der Waals surface area contributed by atoms with Gasteiger partial charge in [0, 0.05) is 13.6 Å². The molecule has 1 saturated heterocycles. The zero-order chi connectivity index (χ0) is 16.6. The Bertz CT molecular complexity index is 747. The van der Waals surface area contributed by atoms with Crippen LogP contribution < -0.4 is 4.90 Å². The molecule has 2 unspecified atom stereocenters. The van der Waals surface area contributed by atoms with E-state index in [-0.39, 0.29) is 11.9 Å². The molecule has 0 saturated carbocycles. The number of fused-ring (bicyclic) bond motifs is 1.